The first-order chi connectivity index (χ1) is 10.1. The van der Waals surface area contributed by atoms with E-state index in [-0.39, 0.29) is 0 Å². The summed E-state index contributed by atoms with van der Waals surface area (Å²) in [5.74, 6) is 1.87. The molecule has 2 aromatic heterocycles. The second-order valence-corrected chi connectivity index (χ2v) is 6.80. The van der Waals surface area contributed by atoms with Crippen molar-refractivity contribution in [2.75, 3.05) is 12.4 Å². The van der Waals surface area contributed by atoms with Crippen LogP contribution in [0.1, 0.15) is 10.4 Å². The third kappa shape index (κ3) is 2.87. The molecule has 0 bridgehead atoms. The van der Waals surface area contributed by atoms with Gasteiger partial charge in [-0.25, -0.2) is 4.98 Å². The highest BCUT2D eigenvalue weighted by atomic mass is 79.9. The molecule has 6 heteroatoms. The molecule has 0 amide bonds. The largest absolute Gasteiger partial charge is 0.437 e. The number of hydrogen-bond acceptors (Lipinski definition) is 5. The third-order valence-corrected chi connectivity index (χ3v) is 4.56. The number of nitrogens with one attached hydrogen (secondary N) is 1. The monoisotopic (exact) mass is 363 g/mol. The summed E-state index contributed by atoms with van der Waals surface area (Å²) in [7, 11) is 1.80. The quantitative estimate of drug-likeness (QED) is 0.718. The minimum Gasteiger partial charge on any atom is -0.437 e. The summed E-state index contributed by atoms with van der Waals surface area (Å²) in [4.78, 5) is 11.0. The number of hydrogen-bond donors (Lipinski definition) is 1. The zero-order valence-electron chi connectivity index (χ0n) is 11.9. The van der Waals surface area contributed by atoms with Gasteiger partial charge in [-0.15, -0.1) is 11.3 Å². The van der Waals surface area contributed by atoms with Crippen molar-refractivity contribution < 1.29 is 4.74 Å². The highest BCUT2D eigenvalue weighted by Crippen LogP contribution is 2.36. The molecule has 0 fully saturated rings. The lowest BCUT2D eigenvalue weighted by Gasteiger charge is -2.09. The molecule has 3 aromatic rings. The van der Waals surface area contributed by atoms with Crippen molar-refractivity contribution in [3.63, 3.8) is 0 Å². The number of nitrogens with zero attached hydrogens (tertiary/aromatic N) is 2. The Morgan fingerprint density at radius 3 is 2.71 bits per heavy atom. The molecule has 0 aliphatic heterocycles. The molecule has 0 spiro atoms. The highest BCUT2D eigenvalue weighted by Gasteiger charge is 2.13. The third-order valence-electron chi connectivity index (χ3n) is 3.00. The van der Waals surface area contributed by atoms with Crippen LogP contribution in [0.15, 0.2) is 28.7 Å². The number of thiophene rings is 1. The zero-order chi connectivity index (χ0) is 15.0. The van der Waals surface area contributed by atoms with Gasteiger partial charge in [-0.2, -0.15) is 4.98 Å². The van der Waals surface area contributed by atoms with Crippen LogP contribution in [0.25, 0.3) is 10.2 Å². The molecule has 0 saturated heterocycles. The molecule has 0 unspecified atom stereocenters. The van der Waals surface area contributed by atoms with Gasteiger partial charge in [0, 0.05) is 11.9 Å². The molecule has 3 rings (SSSR count). The summed E-state index contributed by atoms with van der Waals surface area (Å²) in [5, 5.41) is 3.91. The van der Waals surface area contributed by atoms with Crippen LogP contribution in [0.5, 0.6) is 11.6 Å². The van der Waals surface area contributed by atoms with Crippen LogP contribution in [0.4, 0.5) is 5.95 Å². The lowest BCUT2D eigenvalue weighted by molar-refractivity contribution is 0.466. The predicted octanol–water partition coefficient (Wildman–Crippen LogP) is 4.90. The van der Waals surface area contributed by atoms with Gasteiger partial charge >= 0.3 is 0 Å². The normalized spacial score (nSPS) is 10.9. The second kappa shape index (κ2) is 5.61. The smallest absolute Gasteiger partial charge is 0.232 e. The van der Waals surface area contributed by atoms with Gasteiger partial charge in [0.25, 0.3) is 0 Å². The average molecular weight is 364 g/mol. The standard InChI is InChI=1S/C15H14BrN3OS/c1-8-4-5-12(11(16)6-8)20-13-10-7-9(2)21-14(10)19-15(17-3)18-13/h4-7H,1-3H3,(H,17,18,19). The Morgan fingerprint density at radius 2 is 2.00 bits per heavy atom. The van der Waals surface area contributed by atoms with E-state index in [1.165, 1.54) is 10.4 Å². The first kappa shape index (κ1) is 14.3. The van der Waals surface area contributed by atoms with Crippen molar-refractivity contribution in [1.82, 2.24) is 9.97 Å². The maximum absolute atomic E-state index is 6.00. The number of anilines is 1. The van der Waals surface area contributed by atoms with Crippen LogP contribution in [0.2, 0.25) is 0 Å². The fourth-order valence-corrected chi connectivity index (χ4v) is 3.44. The fourth-order valence-electron chi connectivity index (χ4n) is 2.00. The Bertz CT molecular complexity index is 816. The molecule has 0 aliphatic carbocycles. The van der Waals surface area contributed by atoms with Crippen molar-refractivity contribution in [3.05, 3.63) is 39.2 Å². The number of benzene rings is 1. The maximum atomic E-state index is 6.00. The van der Waals surface area contributed by atoms with E-state index in [9.17, 15) is 0 Å². The van der Waals surface area contributed by atoms with Crippen LogP contribution in [-0.4, -0.2) is 17.0 Å². The summed E-state index contributed by atoms with van der Waals surface area (Å²) in [6.07, 6.45) is 0. The van der Waals surface area contributed by atoms with Crippen molar-refractivity contribution in [2.24, 2.45) is 0 Å². The molecular formula is C15H14BrN3OS. The number of aromatic nitrogens is 2. The van der Waals surface area contributed by atoms with Crippen molar-refractivity contribution in [1.29, 1.82) is 0 Å². The summed E-state index contributed by atoms with van der Waals surface area (Å²) < 4.78 is 6.91. The van der Waals surface area contributed by atoms with Gasteiger partial charge in [0.15, 0.2) is 0 Å². The second-order valence-electron chi connectivity index (χ2n) is 4.71. The molecule has 1 aromatic carbocycles. The van der Waals surface area contributed by atoms with E-state index < -0.39 is 0 Å². The van der Waals surface area contributed by atoms with E-state index in [0.29, 0.717) is 11.8 Å². The van der Waals surface area contributed by atoms with Crippen LogP contribution >= 0.6 is 27.3 Å². The molecule has 2 heterocycles. The topological polar surface area (TPSA) is 47.0 Å². The van der Waals surface area contributed by atoms with E-state index in [4.69, 9.17) is 4.74 Å². The number of rotatable bonds is 3. The lowest BCUT2D eigenvalue weighted by Crippen LogP contribution is -1.98. The first-order valence-electron chi connectivity index (χ1n) is 6.47. The molecule has 1 N–H and O–H groups in total. The Hall–Kier alpha value is -1.66. The van der Waals surface area contributed by atoms with Gasteiger partial charge in [-0.05, 0) is 53.5 Å². The number of ether oxygens (including phenoxy) is 1. The molecular weight excluding hydrogens is 350 g/mol. The fraction of sp³-hybridized carbons (Fsp3) is 0.200. The summed E-state index contributed by atoms with van der Waals surface area (Å²) in [5.41, 5.74) is 1.17. The molecule has 4 nitrogen and oxygen atoms in total. The maximum Gasteiger partial charge on any atom is 0.232 e. The molecule has 21 heavy (non-hydrogen) atoms. The molecule has 0 radical (unpaired) electrons. The molecule has 0 aliphatic rings. The van der Waals surface area contributed by atoms with Crippen LogP contribution in [-0.2, 0) is 0 Å². The average Bonchev–Trinajstić information content (AvgIpc) is 2.82. The molecule has 0 atom stereocenters. The zero-order valence-corrected chi connectivity index (χ0v) is 14.3. The van der Waals surface area contributed by atoms with E-state index in [1.54, 1.807) is 18.4 Å². The van der Waals surface area contributed by atoms with E-state index in [0.717, 1.165) is 20.4 Å². The Labute approximate surface area is 135 Å². The van der Waals surface area contributed by atoms with Gasteiger partial charge in [0.05, 0.1) is 9.86 Å². The first-order valence-corrected chi connectivity index (χ1v) is 8.07. The van der Waals surface area contributed by atoms with Gasteiger partial charge in [-0.1, -0.05) is 6.07 Å². The van der Waals surface area contributed by atoms with Crippen molar-refractivity contribution >= 4 is 43.4 Å². The Balaban J connectivity index is 2.10. The Kier molecular flexibility index (Phi) is 3.82. The van der Waals surface area contributed by atoms with E-state index in [1.807, 2.05) is 25.1 Å². The van der Waals surface area contributed by atoms with Crippen LogP contribution < -0.4 is 10.1 Å². The van der Waals surface area contributed by atoms with Gasteiger partial charge in [-0.3, -0.25) is 0 Å². The molecule has 108 valence electrons. The number of aryl methyl sites for hydroxylation is 2. The lowest BCUT2D eigenvalue weighted by atomic mass is 10.2. The van der Waals surface area contributed by atoms with Crippen LogP contribution in [0.3, 0.4) is 0 Å². The minimum atomic E-state index is 0.558. The minimum absolute atomic E-state index is 0.558. The van der Waals surface area contributed by atoms with Gasteiger partial charge < -0.3 is 10.1 Å². The van der Waals surface area contributed by atoms with Gasteiger partial charge in [0.1, 0.15) is 10.6 Å². The van der Waals surface area contributed by atoms with Crippen LogP contribution in [0, 0.1) is 13.8 Å². The number of halogens is 1. The summed E-state index contributed by atoms with van der Waals surface area (Å²) in [6, 6.07) is 8.02. The predicted molar refractivity (Wildman–Crippen MR) is 90.7 cm³/mol. The number of fused-ring (bicyclic) bond motifs is 1. The SMILES string of the molecule is CNc1nc(Oc2ccc(C)cc2Br)c2cc(C)sc2n1. The van der Waals surface area contributed by atoms with E-state index in [2.05, 4.69) is 44.2 Å². The molecule has 0 saturated carbocycles. The highest BCUT2D eigenvalue weighted by molar-refractivity contribution is 9.10. The van der Waals surface area contributed by atoms with Gasteiger partial charge in [0.2, 0.25) is 11.8 Å². The van der Waals surface area contributed by atoms with Crippen molar-refractivity contribution in [3.8, 4) is 11.6 Å². The summed E-state index contributed by atoms with van der Waals surface area (Å²) in [6.45, 7) is 4.09. The summed E-state index contributed by atoms with van der Waals surface area (Å²) >= 11 is 5.16. The Morgan fingerprint density at radius 1 is 1.19 bits per heavy atom. The van der Waals surface area contributed by atoms with Crippen molar-refractivity contribution in [2.45, 2.75) is 13.8 Å². The van der Waals surface area contributed by atoms with E-state index >= 15 is 0 Å².